The van der Waals surface area contributed by atoms with Crippen LogP contribution < -0.4 is 0 Å². The predicted octanol–water partition coefficient (Wildman–Crippen LogP) is 3.61. The van der Waals surface area contributed by atoms with Gasteiger partial charge in [0.2, 0.25) is 0 Å². The summed E-state index contributed by atoms with van der Waals surface area (Å²) in [6, 6.07) is 0. The van der Waals surface area contributed by atoms with Gasteiger partial charge < -0.3 is 0 Å². The Morgan fingerprint density at radius 2 is 2.27 bits per heavy atom. The predicted molar refractivity (Wildman–Crippen MR) is 46.5 cm³/mol. The number of hydrogen-bond donors (Lipinski definition) is 0. The van der Waals surface area contributed by atoms with Crippen molar-refractivity contribution in [1.82, 2.24) is 0 Å². The lowest BCUT2D eigenvalue weighted by atomic mass is 9.97. The molecule has 0 aromatic rings. The highest BCUT2D eigenvalue weighted by Gasteiger charge is 2.24. The van der Waals surface area contributed by atoms with E-state index in [2.05, 4.69) is 0 Å². The second-order valence-corrected chi connectivity index (χ2v) is 3.41. The number of halogens is 3. The summed E-state index contributed by atoms with van der Waals surface area (Å²) in [5.74, 6) is -0.318. The van der Waals surface area contributed by atoms with Crippen LogP contribution in [0.4, 0.5) is 4.39 Å². The smallest absolute Gasteiger partial charge is 0.137 e. The number of allylic oxidation sites excluding steroid dienone is 4. The lowest BCUT2D eigenvalue weighted by Crippen LogP contribution is -2.15. The van der Waals surface area contributed by atoms with Gasteiger partial charge in [0, 0.05) is 0 Å². The summed E-state index contributed by atoms with van der Waals surface area (Å²) in [7, 11) is 0. The molecular weight excluding hydrogens is 186 g/mol. The molecule has 0 saturated heterocycles. The van der Waals surface area contributed by atoms with Crippen molar-refractivity contribution in [3.8, 4) is 0 Å². The molecule has 0 aliphatic heterocycles. The third-order valence-electron chi connectivity index (χ3n) is 1.81. The third kappa shape index (κ3) is 1.77. The standard InChI is InChI=1S/C8H9Cl2F/c1-2-5-3-4-6(9)8(11)7(5)10/h3-5,7H,2H2,1H3/t5?,7-/m1/s1. The van der Waals surface area contributed by atoms with Crippen molar-refractivity contribution >= 4 is 23.2 Å². The first-order valence-corrected chi connectivity index (χ1v) is 4.35. The van der Waals surface area contributed by atoms with Gasteiger partial charge in [0.05, 0.1) is 10.4 Å². The molecule has 62 valence electrons. The fourth-order valence-electron chi connectivity index (χ4n) is 1.05. The Morgan fingerprint density at radius 3 is 2.82 bits per heavy atom. The van der Waals surface area contributed by atoms with Crippen LogP contribution in [0.3, 0.4) is 0 Å². The molecule has 0 nitrogen and oxygen atoms in total. The maximum absolute atomic E-state index is 13.0. The zero-order valence-corrected chi connectivity index (χ0v) is 7.66. The minimum Gasteiger partial charge on any atom is -0.209 e. The van der Waals surface area contributed by atoms with Gasteiger partial charge in [0.15, 0.2) is 0 Å². The molecule has 0 fully saturated rings. The van der Waals surface area contributed by atoms with Crippen molar-refractivity contribution in [2.24, 2.45) is 5.92 Å². The summed E-state index contributed by atoms with van der Waals surface area (Å²) in [5, 5.41) is -0.438. The van der Waals surface area contributed by atoms with Gasteiger partial charge in [-0.25, -0.2) is 4.39 Å². The van der Waals surface area contributed by atoms with Crippen molar-refractivity contribution in [3.63, 3.8) is 0 Å². The van der Waals surface area contributed by atoms with Crippen LogP contribution in [0, 0.1) is 5.92 Å². The van der Waals surface area contributed by atoms with E-state index in [9.17, 15) is 4.39 Å². The van der Waals surface area contributed by atoms with E-state index in [1.807, 2.05) is 13.0 Å². The maximum Gasteiger partial charge on any atom is 0.137 e. The monoisotopic (exact) mass is 194 g/mol. The van der Waals surface area contributed by atoms with E-state index < -0.39 is 11.2 Å². The van der Waals surface area contributed by atoms with E-state index in [1.165, 1.54) is 0 Å². The van der Waals surface area contributed by atoms with Crippen LogP contribution in [0.1, 0.15) is 13.3 Å². The van der Waals surface area contributed by atoms with E-state index in [0.717, 1.165) is 6.42 Å². The van der Waals surface area contributed by atoms with E-state index in [4.69, 9.17) is 23.2 Å². The Labute approximate surface area is 75.7 Å². The molecule has 0 bridgehead atoms. The summed E-state index contributed by atoms with van der Waals surface area (Å²) in [5.41, 5.74) is 0. The molecule has 1 aliphatic rings. The Hall–Kier alpha value is -0.0100. The second kappa shape index (κ2) is 3.59. The number of rotatable bonds is 1. The Balaban J connectivity index is 2.82. The molecular formula is C8H9Cl2F. The minimum absolute atomic E-state index is 0.0826. The molecule has 0 saturated carbocycles. The normalized spacial score (nSPS) is 31.3. The highest BCUT2D eigenvalue weighted by molar-refractivity contribution is 6.33. The summed E-state index contributed by atoms with van der Waals surface area (Å²) in [6.45, 7) is 1.97. The largest absolute Gasteiger partial charge is 0.209 e. The van der Waals surface area contributed by atoms with Crippen LogP contribution in [-0.2, 0) is 0 Å². The van der Waals surface area contributed by atoms with Gasteiger partial charge in [-0.15, -0.1) is 11.6 Å². The summed E-state index contributed by atoms with van der Waals surface area (Å²) < 4.78 is 13.0. The molecule has 3 heteroatoms. The number of hydrogen-bond acceptors (Lipinski definition) is 0. The molecule has 0 amide bonds. The minimum atomic E-state index is -0.572. The summed E-state index contributed by atoms with van der Waals surface area (Å²) in [4.78, 5) is 0. The Bertz CT molecular complexity index is 208. The van der Waals surface area contributed by atoms with Gasteiger partial charge in [-0.1, -0.05) is 24.6 Å². The first kappa shape index (κ1) is 9.08. The van der Waals surface area contributed by atoms with E-state index in [-0.39, 0.29) is 11.0 Å². The van der Waals surface area contributed by atoms with Crippen molar-refractivity contribution in [2.75, 3.05) is 0 Å². The van der Waals surface area contributed by atoms with Gasteiger partial charge in [0.1, 0.15) is 5.83 Å². The first-order valence-electron chi connectivity index (χ1n) is 3.54. The van der Waals surface area contributed by atoms with Crippen LogP contribution in [0.25, 0.3) is 0 Å². The van der Waals surface area contributed by atoms with Gasteiger partial charge in [0.25, 0.3) is 0 Å². The summed E-state index contributed by atoms with van der Waals surface area (Å²) in [6.07, 6.45) is 4.26. The first-order chi connectivity index (χ1) is 5.16. The fourth-order valence-corrected chi connectivity index (χ4v) is 1.67. The molecule has 0 spiro atoms. The highest BCUT2D eigenvalue weighted by Crippen LogP contribution is 2.32. The molecule has 0 N–H and O–H groups in total. The zero-order chi connectivity index (χ0) is 8.43. The van der Waals surface area contributed by atoms with Crippen molar-refractivity contribution < 1.29 is 4.39 Å². The molecule has 0 radical (unpaired) electrons. The SMILES string of the molecule is CCC1C=CC(Cl)=C(F)[C@@H]1Cl. The van der Waals surface area contributed by atoms with E-state index >= 15 is 0 Å². The molecule has 0 aromatic carbocycles. The molecule has 1 rings (SSSR count). The van der Waals surface area contributed by atoms with Gasteiger partial charge in [-0.05, 0) is 18.4 Å². The topological polar surface area (TPSA) is 0 Å². The van der Waals surface area contributed by atoms with Crippen molar-refractivity contribution in [2.45, 2.75) is 18.7 Å². The average Bonchev–Trinajstić information content (AvgIpc) is 2.01. The maximum atomic E-state index is 13.0. The van der Waals surface area contributed by atoms with Gasteiger partial charge in [-0.3, -0.25) is 0 Å². The average molecular weight is 195 g/mol. The molecule has 1 aliphatic carbocycles. The van der Waals surface area contributed by atoms with Crippen LogP contribution in [0.15, 0.2) is 23.0 Å². The number of alkyl halides is 1. The molecule has 11 heavy (non-hydrogen) atoms. The van der Waals surface area contributed by atoms with Crippen LogP contribution in [-0.4, -0.2) is 5.38 Å². The van der Waals surface area contributed by atoms with Crippen molar-refractivity contribution in [1.29, 1.82) is 0 Å². The molecule has 2 atom stereocenters. The zero-order valence-electron chi connectivity index (χ0n) is 6.15. The van der Waals surface area contributed by atoms with E-state index in [1.54, 1.807) is 6.08 Å². The second-order valence-electron chi connectivity index (χ2n) is 2.53. The molecule has 0 heterocycles. The lowest BCUT2D eigenvalue weighted by molar-refractivity contribution is 0.509. The van der Waals surface area contributed by atoms with E-state index in [0.29, 0.717) is 0 Å². The van der Waals surface area contributed by atoms with Crippen molar-refractivity contribution in [3.05, 3.63) is 23.0 Å². The Morgan fingerprint density at radius 1 is 1.64 bits per heavy atom. The third-order valence-corrected chi connectivity index (χ3v) is 2.63. The molecule has 0 aromatic heterocycles. The summed E-state index contributed by atoms with van der Waals surface area (Å²) >= 11 is 11.3. The van der Waals surface area contributed by atoms with Crippen LogP contribution in [0.2, 0.25) is 0 Å². The Kier molecular flexibility index (Phi) is 2.97. The molecule has 1 unspecified atom stereocenters. The lowest BCUT2D eigenvalue weighted by Gasteiger charge is -2.19. The van der Waals surface area contributed by atoms with Crippen LogP contribution in [0.5, 0.6) is 0 Å². The highest BCUT2D eigenvalue weighted by atomic mass is 35.5. The fraction of sp³-hybridized carbons (Fsp3) is 0.500. The van der Waals surface area contributed by atoms with Gasteiger partial charge in [-0.2, -0.15) is 0 Å². The van der Waals surface area contributed by atoms with Gasteiger partial charge >= 0.3 is 0 Å². The van der Waals surface area contributed by atoms with Crippen LogP contribution >= 0.6 is 23.2 Å². The quantitative estimate of drug-likeness (QED) is 0.560.